The van der Waals surface area contributed by atoms with Crippen LogP contribution in [0.15, 0.2) is 54.6 Å². The maximum atomic E-state index is 12.8. The van der Waals surface area contributed by atoms with Crippen molar-refractivity contribution in [2.75, 3.05) is 0 Å². The lowest BCUT2D eigenvalue weighted by atomic mass is 9.91. The van der Waals surface area contributed by atoms with E-state index in [1.165, 1.54) is 0 Å². The van der Waals surface area contributed by atoms with Crippen LogP contribution in [0.25, 0.3) is 0 Å². The molecule has 0 saturated carbocycles. The molecule has 3 nitrogen and oxygen atoms in total. The Morgan fingerprint density at radius 2 is 1.67 bits per heavy atom. The fraction of sp³-hybridized carbons (Fsp3) is 0.278. The molecule has 1 heterocycles. The lowest BCUT2D eigenvalue weighted by Gasteiger charge is -2.32. The standard InChI is InChI=1S/C18H19NO2/c1-12(2)19-16-17(20)14-10-6-7-11-15(14)21-18(16)13-8-4-3-5-9-13/h3-12,16,18-19H,1-2H3/p+1/t16-,18-/m1/s1. The topological polar surface area (TPSA) is 42.9 Å². The fourth-order valence-electron chi connectivity index (χ4n) is 2.82. The molecule has 0 bridgehead atoms. The number of ketones is 1. The second-order valence-corrected chi connectivity index (χ2v) is 5.77. The monoisotopic (exact) mass is 282 g/mol. The number of hydrogen-bond acceptors (Lipinski definition) is 2. The molecule has 2 aromatic carbocycles. The number of ether oxygens (including phenoxy) is 1. The van der Waals surface area contributed by atoms with Gasteiger partial charge >= 0.3 is 0 Å². The summed E-state index contributed by atoms with van der Waals surface area (Å²) in [5.74, 6) is 0.837. The quantitative estimate of drug-likeness (QED) is 0.939. The number of benzene rings is 2. The minimum absolute atomic E-state index is 0.152. The predicted molar refractivity (Wildman–Crippen MR) is 81.4 cm³/mol. The molecule has 0 unspecified atom stereocenters. The molecule has 0 fully saturated rings. The van der Waals surface area contributed by atoms with Crippen LogP contribution < -0.4 is 10.1 Å². The van der Waals surface area contributed by atoms with E-state index >= 15 is 0 Å². The Hall–Kier alpha value is -2.13. The summed E-state index contributed by atoms with van der Waals surface area (Å²) >= 11 is 0. The first-order valence-corrected chi connectivity index (χ1v) is 7.36. The lowest BCUT2D eigenvalue weighted by Crippen LogP contribution is -2.97. The van der Waals surface area contributed by atoms with E-state index in [-0.39, 0.29) is 17.9 Å². The summed E-state index contributed by atoms with van der Waals surface area (Å²) in [4.78, 5) is 12.8. The van der Waals surface area contributed by atoms with Gasteiger partial charge in [0.25, 0.3) is 0 Å². The van der Waals surface area contributed by atoms with Crippen molar-refractivity contribution >= 4 is 5.78 Å². The van der Waals surface area contributed by atoms with Crippen LogP contribution in [-0.4, -0.2) is 17.9 Å². The van der Waals surface area contributed by atoms with Gasteiger partial charge in [0, 0.05) is 0 Å². The van der Waals surface area contributed by atoms with Crippen LogP contribution >= 0.6 is 0 Å². The van der Waals surface area contributed by atoms with Crippen LogP contribution in [0.4, 0.5) is 0 Å². The van der Waals surface area contributed by atoms with E-state index in [1.54, 1.807) is 0 Å². The zero-order chi connectivity index (χ0) is 14.8. The number of carbonyl (C=O) groups is 1. The molecule has 0 spiro atoms. The van der Waals surface area contributed by atoms with Gasteiger partial charge in [-0.25, -0.2) is 0 Å². The molecule has 0 amide bonds. The van der Waals surface area contributed by atoms with Crippen molar-refractivity contribution in [2.24, 2.45) is 0 Å². The molecular formula is C18H20NO2+. The third-order valence-corrected chi connectivity index (χ3v) is 3.76. The van der Waals surface area contributed by atoms with Gasteiger partial charge in [-0.15, -0.1) is 0 Å². The molecule has 0 saturated heterocycles. The molecule has 3 rings (SSSR count). The van der Waals surface area contributed by atoms with Crippen LogP contribution in [0, 0.1) is 0 Å². The van der Waals surface area contributed by atoms with Crippen molar-refractivity contribution in [3.8, 4) is 5.75 Å². The zero-order valence-electron chi connectivity index (χ0n) is 12.3. The van der Waals surface area contributed by atoms with E-state index in [0.717, 1.165) is 5.56 Å². The second-order valence-electron chi connectivity index (χ2n) is 5.77. The summed E-state index contributed by atoms with van der Waals surface area (Å²) in [7, 11) is 0. The van der Waals surface area contributed by atoms with Gasteiger partial charge < -0.3 is 10.1 Å². The van der Waals surface area contributed by atoms with Gasteiger partial charge in [-0.2, -0.15) is 0 Å². The molecule has 3 heteroatoms. The number of quaternary nitrogens is 1. The molecule has 0 aliphatic carbocycles. The highest BCUT2D eigenvalue weighted by Crippen LogP contribution is 2.33. The van der Waals surface area contributed by atoms with Gasteiger partial charge in [0.1, 0.15) is 5.75 Å². The number of rotatable bonds is 3. The zero-order valence-corrected chi connectivity index (χ0v) is 12.3. The first kappa shape index (κ1) is 13.8. The Morgan fingerprint density at radius 1 is 1.00 bits per heavy atom. The number of carbonyl (C=O) groups excluding carboxylic acids is 1. The van der Waals surface area contributed by atoms with E-state index in [1.807, 2.05) is 54.6 Å². The maximum Gasteiger partial charge on any atom is 0.227 e. The number of hydrogen-bond donors (Lipinski definition) is 1. The Bertz CT molecular complexity index is 637. The SMILES string of the molecule is CC(C)[NH2+][C@@H]1C(=O)c2ccccc2O[C@@H]1c1ccccc1. The van der Waals surface area contributed by atoms with Gasteiger partial charge in [0.05, 0.1) is 11.6 Å². The third-order valence-electron chi connectivity index (χ3n) is 3.76. The van der Waals surface area contributed by atoms with Gasteiger partial charge in [0.15, 0.2) is 12.1 Å². The van der Waals surface area contributed by atoms with Crippen LogP contribution in [0.5, 0.6) is 5.75 Å². The summed E-state index contributed by atoms with van der Waals surface area (Å²) in [5, 5.41) is 2.09. The molecule has 1 aliphatic heterocycles. The largest absolute Gasteiger partial charge is 0.478 e. The average molecular weight is 282 g/mol. The maximum absolute atomic E-state index is 12.8. The highest BCUT2D eigenvalue weighted by Gasteiger charge is 2.41. The summed E-state index contributed by atoms with van der Waals surface area (Å²) in [6, 6.07) is 17.6. The third kappa shape index (κ3) is 2.69. The molecule has 2 atom stereocenters. The highest BCUT2D eigenvalue weighted by molar-refractivity contribution is 6.03. The first-order valence-electron chi connectivity index (χ1n) is 7.36. The van der Waals surface area contributed by atoms with E-state index in [9.17, 15) is 4.79 Å². The number of fused-ring (bicyclic) bond motifs is 1. The second kappa shape index (κ2) is 5.70. The highest BCUT2D eigenvalue weighted by atomic mass is 16.5. The van der Waals surface area contributed by atoms with E-state index in [4.69, 9.17) is 4.74 Å². The Kier molecular flexibility index (Phi) is 3.76. The summed E-state index contributed by atoms with van der Waals surface area (Å²) < 4.78 is 6.15. The Morgan fingerprint density at radius 3 is 2.38 bits per heavy atom. The van der Waals surface area contributed by atoms with Crippen molar-refractivity contribution in [1.82, 2.24) is 0 Å². The first-order chi connectivity index (χ1) is 10.2. The van der Waals surface area contributed by atoms with E-state index in [2.05, 4.69) is 19.2 Å². The van der Waals surface area contributed by atoms with E-state index < -0.39 is 0 Å². The normalized spacial score (nSPS) is 21.0. The number of nitrogens with two attached hydrogens (primary N) is 1. The Balaban J connectivity index is 2.03. The average Bonchev–Trinajstić information content (AvgIpc) is 2.50. The van der Waals surface area contributed by atoms with Crippen molar-refractivity contribution in [3.05, 3.63) is 65.7 Å². The molecule has 108 valence electrons. The molecule has 2 aromatic rings. The Labute approximate surface area is 124 Å². The van der Waals surface area contributed by atoms with Gasteiger partial charge in [0.2, 0.25) is 5.78 Å². The molecule has 0 aromatic heterocycles. The lowest BCUT2D eigenvalue weighted by molar-refractivity contribution is -0.709. The smallest absolute Gasteiger partial charge is 0.227 e. The van der Waals surface area contributed by atoms with Crippen molar-refractivity contribution in [2.45, 2.75) is 32.0 Å². The molecule has 0 radical (unpaired) electrons. The summed E-state index contributed by atoms with van der Waals surface area (Å²) in [6.45, 7) is 4.19. The van der Waals surface area contributed by atoms with Crippen molar-refractivity contribution in [1.29, 1.82) is 0 Å². The van der Waals surface area contributed by atoms with Gasteiger partial charge in [-0.1, -0.05) is 42.5 Å². The van der Waals surface area contributed by atoms with Gasteiger partial charge in [-0.3, -0.25) is 4.79 Å². The number of Topliss-reactive ketones (excluding diaryl/α,β-unsaturated/α-hetero) is 1. The predicted octanol–water partition coefficient (Wildman–Crippen LogP) is 2.34. The van der Waals surface area contributed by atoms with Crippen molar-refractivity contribution < 1.29 is 14.8 Å². The van der Waals surface area contributed by atoms with Gasteiger partial charge in [-0.05, 0) is 31.5 Å². The summed E-state index contributed by atoms with van der Waals surface area (Å²) in [5.41, 5.74) is 1.73. The van der Waals surface area contributed by atoms with Crippen LogP contribution in [0.2, 0.25) is 0 Å². The minimum Gasteiger partial charge on any atom is -0.478 e. The van der Waals surface area contributed by atoms with E-state index in [0.29, 0.717) is 17.4 Å². The fourth-order valence-corrected chi connectivity index (χ4v) is 2.82. The van der Waals surface area contributed by atoms with Crippen LogP contribution in [0.1, 0.15) is 35.9 Å². The molecule has 1 aliphatic rings. The number of para-hydroxylation sites is 1. The van der Waals surface area contributed by atoms with Crippen LogP contribution in [0.3, 0.4) is 0 Å². The minimum atomic E-state index is -0.240. The molecule has 2 N–H and O–H groups in total. The van der Waals surface area contributed by atoms with Crippen molar-refractivity contribution in [3.63, 3.8) is 0 Å². The molecule has 21 heavy (non-hydrogen) atoms. The van der Waals surface area contributed by atoms with Crippen LogP contribution in [-0.2, 0) is 0 Å². The molecular weight excluding hydrogens is 262 g/mol. The summed E-state index contributed by atoms with van der Waals surface area (Å²) in [6.07, 6.45) is -0.240.